The Morgan fingerprint density at radius 3 is 2.27 bits per heavy atom. The fourth-order valence-electron chi connectivity index (χ4n) is 3.03. The van der Waals surface area contributed by atoms with Gasteiger partial charge in [0.05, 0.1) is 32.3 Å². The van der Waals surface area contributed by atoms with Crippen molar-refractivity contribution in [3.8, 4) is 34.3 Å². The van der Waals surface area contributed by atoms with Crippen molar-refractivity contribution in [3.05, 3.63) is 42.2 Å². The fourth-order valence-corrected chi connectivity index (χ4v) is 3.89. The van der Waals surface area contributed by atoms with Crippen molar-refractivity contribution in [2.75, 3.05) is 21.3 Å². The molecule has 33 heavy (non-hydrogen) atoms. The van der Waals surface area contributed by atoms with Gasteiger partial charge in [-0.1, -0.05) is 23.9 Å². The first-order valence-electron chi connectivity index (χ1n) is 9.58. The van der Waals surface area contributed by atoms with Crippen LogP contribution in [0.5, 0.6) is 17.2 Å². The number of imide groups is 1. The van der Waals surface area contributed by atoms with Gasteiger partial charge in [0.15, 0.2) is 22.5 Å². The molecule has 0 aliphatic heterocycles. The molecule has 0 saturated heterocycles. The minimum Gasteiger partial charge on any atom is -0.493 e. The number of nitrogens with two attached hydrogens (primary N) is 1. The van der Waals surface area contributed by atoms with Gasteiger partial charge < -0.3 is 19.9 Å². The highest BCUT2D eigenvalue weighted by Gasteiger charge is 2.25. The summed E-state index contributed by atoms with van der Waals surface area (Å²) in [7, 11) is 4.43. The van der Waals surface area contributed by atoms with Gasteiger partial charge in [-0.3, -0.25) is 14.7 Å². The number of amides is 3. The lowest BCUT2D eigenvalue weighted by Gasteiger charge is -2.16. The second kappa shape index (κ2) is 10.2. The predicted molar refractivity (Wildman–Crippen MR) is 119 cm³/mol. The molecule has 10 nitrogen and oxygen atoms in total. The Balaban J connectivity index is 2.17. The molecule has 3 N–H and O–H groups in total. The molecular formula is C21H22FN5O5S. The Labute approximate surface area is 193 Å². The monoisotopic (exact) mass is 475 g/mol. The molecule has 3 amide bonds. The Morgan fingerprint density at radius 2 is 1.73 bits per heavy atom. The zero-order valence-corrected chi connectivity index (χ0v) is 19.1. The number of urea groups is 1. The SMILES string of the molecule is COc1cc(-c2nnc(S[C@H](C)C(=O)NC(N)=O)n2-c2ccccc2F)cc(OC)c1OC. The number of carbonyl (C=O) groups excluding carboxylic acids is 2. The molecule has 3 aromatic rings. The number of rotatable bonds is 8. The normalized spacial score (nSPS) is 11.5. The molecule has 0 spiro atoms. The van der Waals surface area contributed by atoms with Crippen molar-refractivity contribution >= 4 is 23.7 Å². The van der Waals surface area contributed by atoms with Crippen LogP contribution in [0.4, 0.5) is 9.18 Å². The van der Waals surface area contributed by atoms with Crippen LogP contribution in [0, 0.1) is 5.82 Å². The van der Waals surface area contributed by atoms with Crippen LogP contribution in [-0.2, 0) is 4.79 Å². The summed E-state index contributed by atoms with van der Waals surface area (Å²) in [6.07, 6.45) is 0. The van der Waals surface area contributed by atoms with Gasteiger partial charge in [0.1, 0.15) is 5.82 Å². The van der Waals surface area contributed by atoms with E-state index in [1.54, 1.807) is 37.3 Å². The number of hydrogen-bond acceptors (Lipinski definition) is 8. The first-order chi connectivity index (χ1) is 15.8. The number of aromatic nitrogens is 3. The standard InChI is InChI=1S/C21H22FN5O5S/c1-11(19(28)24-20(23)29)33-21-26-25-18(27(21)14-8-6-5-7-13(14)22)12-9-15(30-2)17(32-4)16(10-12)31-3/h5-11H,1-4H3,(H3,23,24,28,29)/t11-/m1/s1. The lowest BCUT2D eigenvalue weighted by atomic mass is 10.1. The number of nitrogens with one attached hydrogen (secondary N) is 1. The molecule has 2 aromatic carbocycles. The van der Waals surface area contributed by atoms with E-state index in [0.717, 1.165) is 11.8 Å². The number of hydrogen-bond donors (Lipinski definition) is 2. The molecule has 0 unspecified atom stereocenters. The van der Waals surface area contributed by atoms with E-state index in [2.05, 4.69) is 10.2 Å². The van der Waals surface area contributed by atoms with E-state index >= 15 is 0 Å². The zero-order valence-electron chi connectivity index (χ0n) is 18.3. The highest BCUT2D eigenvalue weighted by Crippen LogP contribution is 2.42. The topological polar surface area (TPSA) is 131 Å². The number of benzene rings is 2. The van der Waals surface area contributed by atoms with Crippen molar-refractivity contribution < 1.29 is 28.2 Å². The summed E-state index contributed by atoms with van der Waals surface area (Å²) in [6, 6.07) is 8.40. The van der Waals surface area contributed by atoms with Gasteiger partial charge in [-0.25, -0.2) is 9.18 Å². The largest absolute Gasteiger partial charge is 0.493 e. The van der Waals surface area contributed by atoms with Gasteiger partial charge in [0.25, 0.3) is 0 Å². The molecular weight excluding hydrogens is 453 g/mol. The molecule has 1 heterocycles. The molecule has 0 radical (unpaired) electrons. The number of halogens is 1. The highest BCUT2D eigenvalue weighted by atomic mass is 32.2. The fraction of sp³-hybridized carbons (Fsp3) is 0.238. The zero-order chi connectivity index (χ0) is 24.1. The van der Waals surface area contributed by atoms with Gasteiger partial charge in [0.2, 0.25) is 11.7 Å². The van der Waals surface area contributed by atoms with Gasteiger partial charge in [-0.05, 0) is 31.2 Å². The summed E-state index contributed by atoms with van der Waals surface area (Å²) in [5.74, 6) is 0.250. The van der Waals surface area contributed by atoms with Crippen LogP contribution in [0.25, 0.3) is 17.1 Å². The lowest BCUT2D eigenvalue weighted by Crippen LogP contribution is -2.39. The first kappa shape index (κ1) is 23.9. The Hall–Kier alpha value is -3.80. The smallest absolute Gasteiger partial charge is 0.318 e. The molecule has 0 fully saturated rings. The maximum absolute atomic E-state index is 14.8. The summed E-state index contributed by atoms with van der Waals surface area (Å²) in [5.41, 5.74) is 5.69. The van der Waals surface area contributed by atoms with E-state index in [9.17, 15) is 14.0 Å². The molecule has 174 valence electrons. The number of para-hydroxylation sites is 1. The van der Waals surface area contributed by atoms with Crippen molar-refractivity contribution in [1.29, 1.82) is 0 Å². The summed E-state index contributed by atoms with van der Waals surface area (Å²) < 4.78 is 32.5. The molecule has 0 aliphatic carbocycles. The number of ether oxygens (including phenoxy) is 3. The molecule has 1 aromatic heterocycles. The van der Waals surface area contributed by atoms with E-state index in [-0.39, 0.29) is 16.7 Å². The van der Waals surface area contributed by atoms with Crippen LogP contribution in [0.3, 0.4) is 0 Å². The van der Waals surface area contributed by atoms with E-state index in [1.165, 1.54) is 32.0 Å². The Kier molecular flexibility index (Phi) is 7.38. The predicted octanol–water partition coefficient (Wildman–Crippen LogP) is 2.77. The maximum atomic E-state index is 14.8. The van der Waals surface area contributed by atoms with E-state index in [0.29, 0.717) is 22.8 Å². The Morgan fingerprint density at radius 1 is 1.09 bits per heavy atom. The minimum absolute atomic E-state index is 0.163. The second-order valence-electron chi connectivity index (χ2n) is 6.62. The van der Waals surface area contributed by atoms with Gasteiger partial charge >= 0.3 is 6.03 Å². The molecule has 3 rings (SSSR count). The Bertz CT molecular complexity index is 1160. The first-order valence-corrected chi connectivity index (χ1v) is 10.5. The third-order valence-electron chi connectivity index (χ3n) is 4.55. The maximum Gasteiger partial charge on any atom is 0.318 e. The lowest BCUT2D eigenvalue weighted by molar-refractivity contribution is -0.119. The summed E-state index contributed by atoms with van der Waals surface area (Å²) in [6.45, 7) is 1.56. The van der Waals surface area contributed by atoms with E-state index < -0.39 is 23.0 Å². The molecule has 0 saturated carbocycles. The van der Waals surface area contributed by atoms with Crippen LogP contribution in [0.2, 0.25) is 0 Å². The average molecular weight is 476 g/mol. The van der Waals surface area contributed by atoms with Crippen molar-refractivity contribution in [2.24, 2.45) is 5.73 Å². The molecule has 0 aliphatic rings. The number of methoxy groups -OCH3 is 3. The highest BCUT2D eigenvalue weighted by molar-refractivity contribution is 8.00. The number of carbonyl (C=O) groups is 2. The summed E-state index contributed by atoms with van der Waals surface area (Å²) >= 11 is 0.983. The van der Waals surface area contributed by atoms with Gasteiger partial charge in [-0.15, -0.1) is 10.2 Å². The van der Waals surface area contributed by atoms with Crippen LogP contribution < -0.4 is 25.3 Å². The van der Waals surface area contributed by atoms with Crippen LogP contribution in [-0.4, -0.2) is 53.3 Å². The molecule has 12 heteroatoms. The molecule has 1 atom stereocenters. The quantitative estimate of drug-likeness (QED) is 0.476. The number of thioether (sulfide) groups is 1. The van der Waals surface area contributed by atoms with Crippen molar-refractivity contribution in [2.45, 2.75) is 17.3 Å². The van der Waals surface area contributed by atoms with Crippen LogP contribution in [0.15, 0.2) is 41.6 Å². The minimum atomic E-state index is -0.971. The van der Waals surface area contributed by atoms with Crippen molar-refractivity contribution in [3.63, 3.8) is 0 Å². The number of nitrogens with zero attached hydrogens (tertiary/aromatic N) is 3. The van der Waals surface area contributed by atoms with Crippen molar-refractivity contribution in [1.82, 2.24) is 20.1 Å². The van der Waals surface area contributed by atoms with E-state index in [4.69, 9.17) is 19.9 Å². The summed E-state index contributed by atoms with van der Waals surface area (Å²) in [5, 5.41) is 9.86. The summed E-state index contributed by atoms with van der Waals surface area (Å²) in [4.78, 5) is 23.2. The number of primary amides is 1. The molecule has 0 bridgehead atoms. The third kappa shape index (κ3) is 5.00. The average Bonchev–Trinajstić information content (AvgIpc) is 3.20. The second-order valence-corrected chi connectivity index (χ2v) is 7.93. The van der Waals surface area contributed by atoms with Crippen LogP contribution in [0.1, 0.15) is 6.92 Å². The third-order valence-corrected chi connectivity index (χ3v) is 5.59. The van der Waals surface area contributed by atoms with E-state index in [1.807, 2.05) is 5.32 Å². The van der Waals surface area contributed by atoms with Gasteiger partial charge in [-0.2, -0.15) is 0 Å². The van der Waals surface area contributed by atoms with Crippen LogP contribution >= 0.6 is 11.8 Å². The van der Waals surface area contributed by atoms with Gasteiger partial charge in [0, 0.05) is 5.56 Å².